The first-order valence-electron chi connectivity index (χ1n) is 6.53. The number of alkyl halides is 2. The smallest absolute Gasteiger partial charge is 0.223 e. The van der Waals surface area contributed by atoms with E-state index in [-0.39, 0.29) is 17.4 Å². The number of carbonyl (C=O) groups is 1. The molecule has 0 aliphatic heterocycles. The molecule has 4 heteroatoms. The van der Waals surface area contributed by atoms with E-state index in [4.69, 9.17) is 0 Å². The second-order valence-electron chi connectivity index (χ2n) is 4.66. The average Bonchev–Trinajstić information content (AvgIpc) is 2.35. The van der Waals surface area contributed by atoms with Crippen LogP contribution in [-0.4, -0.2) is 22.1 Å². The van der Waals surface area contributed by atoms with Crippen LogP contribution >= 0.6 is 31.9 Å². The average molecular weight is 371 g/mol. The number of amides is 1. The predicted octanol–water partition coefficient (Wildman–Crippen LogP) is 4.26. The molecule has 0 aliphatic carbocycles. The summed E-state index contributed by atoms with van der Waals surface area (Å²) in [7, 11) is 0. The molecule has 0 aromatic heterocycles. The molecule has 2 nitrogen and oxygen atoms in total. The van der Waals surface area contributed by atoms with Crippen LogP contribution in [0.4, 0.5) is 0 Å². The minimum atomic E-state index is -0.142. The molecule has 0 heterocycles. The highest BCUT2D eigenvalue weighted by molar-refractivity contribution is 9.09. The highest BCUT2D eigenvalue weighted by atomic mass is 79.9. The number of nitrogens with one attached hydrogen (secondary N) is 1. The van der Waals surface area contributed by atoms with Gasteiger partial charge < -0.3 is 5.32 Å². The van der Waals surface area contributed by atoms with Crippen molar-refractivity contribution < 1.29 is 4.79 Å². The summed E-state index contributed by atoms with van der Waals surface area (Å²) < 4.78 is 0. The number of hydrogen-bond donors (Lipinski definition) is 1. The molecular weight excluding hydrogens is 346 g/mol. The van der Waals surface area contributed by atoms with E-state index in [1.165, 1.54) is 0 Å². The molecule has 1 N–H and O–H groups in total. The van der Waals surface area contributed by atoms with Gasteiger partial charge in [-0.2, -0.15) is 0 Å². The molecule has 0 atom stereocenters. The summed E-state index contributed by atoms with van der Waals surface area (Å²) >= 11 is 7.01. The van der Waals surface area contributed by atoms with Gasteiger partial charge in [0, 0.05) is 16.6 Å². The maximum atomic E-state index is 12.3. The van der Waals surface area contributed by atoms with Crippen molar-refractivity contribution in [2.75, 3.05) is 10.7 Å². The predicted molar refractivity (Wildman–Crippen MR) is 82.1 cm³/mol. The summed E-state index contributed by atoms with van der Waals surface area (Å²) in [6.07, 6.45) is 5.05. The fourth-order valence-corrected chi connectivity index (χ4v) is 3.85. The molecule has 0 aromatic rings. The van der Waals surface area contributed by atoms with E-state index in [0.717, 1.165) is 42.8 Å². The Balaban J connectivity index is 4.55. The van der Waals surface area contributed by atoms with Crippen LogP contribution in [-0.2, 0) is 4.79 Å². The minimum Gasteiger partial charge on any atom is -0.349 e. The van der Waals surface area contributed by atoms with Crippen LogP contribution < -0.4 is 5.32 Å². The van der Waals surface area contributed by atoms with Crippen LogP contribution in [0, 0.1) is 5.92 Å². The van der Waals surface area contributed by atoms with E-state index in [1.807, 2.05) is 0 Å². The molecular formula is C13H25Br2NO. The Morgan fingerprint density at radius 3 is 1.88 bits per heavy atom. The molecule has 102 valence electrons. The zero-order chi connectivity index (χ0) is 13.3. The van der Waals surface area contributed by atoms with Crippen LogP contribution in [0.1, 0.15) is 52.9 Å². The fraction of sp³-hybridized carbons (Fsp3) is 0.923. The van der Waals surface area contributed by atoms with Crippen molar-refractivity contribution in [3.05, 3.63) is 0 Å². The summed E-state index contributed by atoms with van der Waals surface area (Å²) in [5, 5.41) is 4.80. The summed E-state index contributed by atoms with van der Waals surface area (Å²) in [6, 6.07) is 0. The second-order valence-corrected chi connectivity index (χ2v) is 5.79. The fourth-order valence-electron chi connectivity index (χ4n) is 1.85. The zero-order valence-electron chi connectivity index (χ0n) is 11.2. The van der Waals surface area contributed by atoms with Crippen molar-refractivity contribution in [3.63, 3.8) is 0 Å². The van der Waals surface area contributed by atoms with Gasteiger partial charge in [-0.25, -0.2) is 0 Å². The highest BCUT2D eigenvalue weighted by Crippen LogP contribution is 2.20. The minimum absolute atomic E-state index is 0.142. The Labute approximate surface area is 123 Å². The van der Waals surface area contributed by atoms with Crippen molar-refractivity contribution >= 4 is 37.8 Å². The van der Waals surface area contributed by atoms with Crippen LogP contribution in [0.3, 0.4) is 0 Å². The SMILES string of the molecule is CCCC(CCC)C(=O)NC(CC)(CBr)CBr. The summed E-state index contributed by atoms with van der Waals surface area (Å²) in [6.45, 7) is 6.38. The molecule has 0 aromatic carbocycles. The molecule has 0 saturated carbocycles. The van der Waals surface area contributed by atoms with Gasteiger partial charge in [0.2, 0.25) is 5.91 Å². The topological polar surface area (TPSA) is 29.1 Å². The van der Waals surface area contributed by atoms with Crippen molar-refractivity contribution in [1.82, 2.24) is 5.32 Å². The van der Waals surface area contributed by atoms with Gasteiger partial charge in [-0.1, -0.05) is 65.5 Å². The van der Waals surface area contributed by atoms with Gasteiger partial charge in [-0.05, 0) is 19.3 Å². The third kappa shape index (κ3) is 5.73. The molecule has 0 aliphatic rings. The lowest BCUT2D eigenvalue weighted by atomic mass is 9.94. The maximum absolute atomic E-state index is 12.3. The van der Waals surface area contributed by atoms with Gasteiger partial charge in [-0.15, -0.1) is 0 Å². The standard InChI is InChI=1S/C13H25Br2NO/c1-4-7-11(8-5-2)12(17)16-13(6-3,9-14)10-15/h11H,4-10H2,1-3H3,(H,16,17). The number of halogens is 2. The van der Waals surface area contributed by atoms with Crippen molar-refractivity contribution in [2.45, 2.75) is 58.4 Å². The zero-order valence-corrected chi connectivity index (χ0v) is 14.4. The highest BCUT2D eigenvalue weighted by Gasteiger charge is 2.30. The van der Waals surface area contributed by atoms with Crippen LogP contribution in [0.5, 0.6) is 0 Å². The van der Waals surface area contributed by atoms with Gasteiger partial charge in [-0.3, -0.25) is 4.79 Å². The Morgan fingerprint density at radius 1 is 1.12 bits per heavy atom. The van der Waals surface area contributed by atoms with Crippen LogP contribution in [0.25, 0.3) is 0 Å². The molecule has 0 saturated heterocycles. The Bertz CT molecular complexity index is 203. The Kier molecular flexibility index (Phi) is 9.61. The van der Waals surface area contributed by atoms with E-state index >= 15 is 0 Å². The first-order valence-corrected chi connectivity index (χ1v) is 8.77. The van der Waals surface area contributed by atoms with E-state index in [0.29, 0.717) is 0 Å². The van der Waals surface area contributed by atoms with E-state index in [2.05, 4.69) is 57.9 Å². The molecule has 0 spiro atoms. The normalized spacial score (nSPS) is 11.9. The van der Waals surface area contributed by atoms with Crippen LogP contribution in [0.15, 0.2) is 0 Å². The van der Waals surface area contributed by atoms with Gasteiger partial charge in [0.25, 0.3) is 0 Å². The summed E-state index contributed by atoms with van der Waals surface area (Å²) in [5.74, 6) is 0.392. The monoisotopic (exact) mass is 369 g/mol. The molecule has 0 bridgehead atoms. The third-order valence-corrected chi connectivity index (χ3v) is 5.37. The third-order valence-electron chi connectivity index (χ3n) is 3.22. The molecule has 0 radical (unpaired) electrons. The largest absolute Gasteiger partial charge is 0.349 e. The first-order chi connectivity index (χ1) is 8.09. The lowest BCUT2D eigenvalue weighted by Gasteiger charge is -2.32. The Morgan fingerprint density at radius 2 is 1.59 bits per heavy atom. The number of carbonyl (C=O) groups excluding carboxylic acids is 1. The second kappa shape index (κ2) is 9.37. The van der Waals surface area contributed by atoms with Gasteiger partial charge in [0.1, 0.15) is 0 Å². The molecule has 0 rings (SSSR count). The van der Waals surface area contributed by atoms with Gasteiger partial charge in [0.05, 0.1) is 5.54 Å². The van der Waals surface area contributed by atoms with Gasteiger partial charge in [0.15, 0.2) is 0 Å². The first kappa shape index (κ1) is 17.4. The van der Waals surface area contributed by atoms with E-state index in [1.54, 1.807) is 0 Å². The number of hydrogen-bond acceptors (Lipinski definition) is 1. The van der Waals surface area contributed by atoms with Crippen molar-refractivity contribution in [1.29, 1.82) is 0 Å². The van der Waals surface area contributed by atoms with Crippen molar-refractivity contribution in [2.24, 2.45) is 5.92 Å². The summed E-state index contributed by atoms with van der Waals surface area (Å²) in [4.78, 5) is 12.3. The maximum Gasteiger partial charge on any atom is 0.223 e. The van der Waals surface area contributed by atoms with Crippen LogP contribution in [0.2, 0.25) is 0 Å². The summed E-state index contributed by atoms with van der Waals surface area (Å²) in [5.41, 5.74) is -0.142. The lowest BCUT2D eigenvalue weighted by Crippen LogP contribution is -2.52. The van der Waals surface area contributed by atoms with Crippen molar-refractivity contribution in [3.8, 4) is 0 Å². The Hall–Kier alpha value is 0.430. The number of rotatable bonds is 9. The molecule has 17 heavy (non-hydrogen) atoms. The lowest BCUT2D eigenvalue weighted by molar-refractivity contribution is -0.127. The molecule has 0 fully saturated rings. The molecule has 0 unspecified atom stereocenters. The van der Waals surface area contributed by atoms with E-state index in [9.17, 15) is 4.79 Å². The molecule has 1 amide bonds. The van der Waals surface area contributed by atoms with E-state index < -0.39 is 0 Å². The van der Waals surface area contributed by atoms with Gasteiger partial charge >= 0.3 is 0 Å². The quantitative estimate of drug-likeness (QED) is 0.603.